The van der Waals surface area contributed by atoms with Crippen LogP contribution in [0.1, 0.15) is 19.4 Å². The minimum Gasteiger partial charge on any atom is -0.395 e. The lowest BCUT2D eigenvalue weighted by Gasteiger charge is -2.34. The number of rotatable bonds is 12. The zero-order valence-corrected chi connectivity index (χ0v) is 21.2. The Bertz CT molecular complexity index is 957. The van der Waals surface area contributed by atoms with E-state index < -0.39 is 10.0 Å². The van der Waals surface area contributed by atoms with Crippen molar-refractivity contribution in [2.45, 2.75) is 37.4 Å². The van der Waals surface area contributed by atoms with E-state index in [0.717, 1.165) is 5.56 Å². The molecule has 2 aromatic carbocycles. The lowest BCUT2D eigenvalue weighted by molar-refractivity contribution is 0.0194. The number of hydrogen-bond donors (Lipinski definition) is 1. The van der Waals surface area contributed by atoms with E-state index in [0.29, 0.717) is 23.1 Å². The van der Waals surface area contributed by atoms with Crippen LogP contribution < -0.4 is 0 Å². The van der Waals surface area contributed by atoms with Crippen LogP contribution in [0.25, 0.3) is 0 Å². The molecular formula is C23H32Cl2N2O4S. The lowest BCUT2D eigenvalue weighted by atomic mass is 10.0. The van der Waals surface area contributed by atoms with Gasteiger partial charge in [-0.3, -0.25) is 4.90 Å². The van der Waals surface area contributed by atoms with Gasteiger partial charge in [0, 0.05) is 49.9 Å². The summed E-state index contributed by atoms with van der Waals surface area (Å²) < 4.78 is 32.9. The van der Waals surface area contributed by atoms with Crippen LogP contribution in [-0.2, 0) is 21.3 Å². The number of aliphatic hydroxyl groups is 1. The largest absolute Gasteiger partial charge is 0.395 e. The van der Waals surface area contributed by atoms with Gasteiger partial charge in [0.2, 0.25) is 10.0 Å². The summed E-state index contributed by atoms with van der Waals surface area (Å²) in [6, 6.07) is 13.6. The van der Waals surface area contributed by atoms with E-state index in [1.807, 2.05) is 38.1 Å². The molecular weight excluding hydrogens is 471 g/mol. The fourth-order valence-corrected chi connectivity index (χ4v) is 4.98. The summed E-state index contributed by atoms with van der Waals surface area (Å²) in [7, 11) is -0.551. The van der Waals surface area contributed by atoms with Crippen molar-refractivity contribution in [3.63, 3.8) is 0 Å². The van der Waals surface area contributed by atoms with Gasteiger partial charge in [-0.15, -0.1) is 0 Å². The Labute approximate surface area is 201 Å². The summed E-state index contributed by atoms with van der Waals surface area (Å²) in [4.78, 5) is 2.31. The SMILES string of the molecule is CO[C@@H](CN(C)S(=O)(=O)c1ccc(Cl)cc1)[C@@H](C)CN(Cc1ccccc1Cl)[C@H](C)CO. The standard InChI is InChI=1S/C23H32Cl2N2O4S/c1-17(13-27(18(2)16-28)14-19-7-5-6-8-22(19)25)23(31-4)15-26(3)32(29,30)21-11-9-20(24)10-12-21/h5-12,17-18,23,28H,13-16H2,1-4H3/t17-,18+,23-/m0/s1. The monoisotopic (exact) mass is 502 g/mol. The van der Waals surface area contributed by atoms with Crippen LogP contribution in [0, 0.1) is 5.92 Å². The van der Waals surface area contributed by atoms with Crippen molar-refractivity contribution in [1.29, 1.82) is 0 Å². The molecule has 32 heavy (non-hydrogen) atoms. The second-order valence-corrected chi connectivity index (χ2v) is 10.9. The summed E-state index contributed by atoms with van der Waals surface area (Å²) in [5.41, 5.74) is 0.970. The Morgan fingerprint density at radius 3 is 2.22 bits per heavy atom. The second kappa shape index (κ2) is 12.3. The minimum absolute atomic E-state index is 0.000327. The predicted molar refractivity (Wildman–Crippen MR) is 130 cm³/mol. The highest BCUT2D eigenvalue weighted by Gasteiger charge is 2.28. The molecule has 0 amide bonds. The molecule has 9 heteroatoms. The second-order valence-electron chi connectivity index (χ2n) is 8.04. The molecule has 0 aliphatic carbocycles. The van der Waals surface area contributed by atoms with E-state index in [9.17, 15) is 13.5 Å². The number of methoxy groups -OCH3 is 1. The third kappa shape index (κ3) is 7.15. The van der Waals surface area contributed by atoms with Gasteiger partial charge in [0.25, 0.3) is 0 Å². The van der Waals surface area contributed by atoms with Gasteiger partial charge in [0.1, 0.15) is 0 Å². The number of benzene rings is 2. The predicted octanol–water partition coefficient (Wildman–Crippen LogP) is 4.15. The lowest BCUT2D eigenvalue weighted by Crippen LogP contribution is -2.44. The van der Waals surface area contributed by atoms with Gasteiger partial charge in [-0.25, -0.2) is 8.42 Å². The van der Waals surface area contributed by atoms with Crippen molar-refractivity contribution in [3.05, 3.63) is 64.1 Å². The van der Waals surface area contributed by atoms with Crippen molar-refractivity contribution in [2.24, 2.45) is 5.92 Å². The highest BCUT2D eigenvalue weighted by Crippen LogP contribution is 2.22. The first-order valence-corrected chi connectivity index (χ1v) is 12.6. The van der Waals surface area contributed by atoms with Crippen molar-refractivity contribution in [3.8, 4) is 0 Å². The molecule has 1 N–H and O–H groups in total. The summed E-state index contributed by atoms with van der Waals surface area (Å²) in [5.74, 6) is -0.0145. The number of aliphatic hydroxyl groups excluding tert-OH is 1. The smallest absolute Gasteiger partial charge is 0.242 e. The Morgan fingerprint density at radius 2 is 1.66 bits per heavy atom. The van der Waals surface area contributed by atoms with Gasteiger partial charge in [-0.2, -0.15) is 4.31 Å². The number of halogens is 2. The first kappa shape index (κ1) is 27.1. The summed E-state index contributed by atoms with van der Waals surface area (Å²) in [5, 5.41) is 10.9. The van der Waals surface area contributed by atoms with Gasteiger partial charge >= 0.3 is 0 Å². The van der Waals surface area contributed by atoms with E-state index >= 15 is 0 Å². The van der Waals surface area contributed by atoms with Gasteiger partial charge < -0.3 is 9.84 Å². The maximum Gasteiger partial charge on any atom is 0.242 e. The van der Waals surface area contributed by atoms with Crippen LogP contribution in [0.2, 0.25) is 10.0 Å². The van der Waals surface area contributed by atoms with Gasteiger partial charge in [-0.1, -0.05) is 48.3 Å². The summed E-state index contributed by atoms with van der Waals surface area (Å²) >= 11 is 12.2. The molecule has 0 spiro atoms. The van der Waals surface area contributed by atoms with E-state index in [-0.39, 0.29) is 36.1 Å². The van der Waals surface area contributed by atoms with Gasteiger partial charge in [-0.05, 0) is 48.7 Å². The molecule has 0 fully saturated rings. The molecule has 0 radical (unpaired) electrons. The van der Waals surface area contributed by atoms with Crippen LogP contribution in [-0.4, -0.2) is 68.7 Å². The van der Waals surface area contributed by atoms with Crippen LogP contribution in [0.3, 0.4) is 0 Å². The normalized spacial score (nSPS) is 15.2. The highest BCUT2D eigenvalue weighted by molar-refractivity contribution is 7.89. The molecule has 0 bridgehead atoms. The zero-order chi connectivity index (χ0) is 23.9. The highest BCUT2D eigenvalue weighted by atomic mass is 35.5. The van der Waals surface area contributed by atoms with Crippen LogP contribution in [0.5, 0.6) is 0 Å². The number of likely N-dealkylation sites (N-methyl/N-ethyl adjacent to an activating group) is 1. The van der Waals surface area contributed by atoms with Gasteiger partial charge in [0.15, 0.2) is 0 Å². The Kier molecular flexibility index (Phi) is 10.4. The van der Waals surface area contributed by atoms with Crippen molar-refractivity contribution in [2.75, 3.05) is 33.9 Å². The zero-order valence-electron chi connectivity index (χ0n) is 18.9. The topological polar surface area (TPSA) is 70.1 Å². The molecule has 0 aromatic heterocycles. The average Bonchev–Trinajstić information content (AvgIpc) is 2.77. The molecule has 6 nitrogen and oxygen atoms in total. The maximum absolute atomic E-state index is 12.9. The molecule has 0 saturated heterocycles. The molecule has 0 aliphatic rings. The van der Waals surface area contributed by atoms with E-state index in [4.69, 9.17) is 27.9 Å². The summed E-state index contributed by atoms with van der Waals surface area (Å²) in [6.45, 7) is 5.32. The number of ether oxygens (including phenoxy) is 1. The van der Waals surface area contributed by atoms with E-state index in [2.05, 4.69) is 4.90 Å². The minimum atomic E-state index is -3.67. The molecule has 0 unspecified atom stereocenters. The Hall–Kier alpha value is -1.19. The first-order chi connectivity index (χ1) is 15.1. The fourth-order valence-electron chi connectivity index (χ4n) is 3.47. The van der Waals surface area contributed by atoms with Crippen molar-refractivity contribution in [1.82, 2.24) is 9.21 Å². The van der Waals surface area contributed by atoms with Gasteiger partial charge in [0.05, 0.1) is 17.6 Å². The Balaban J connectivity index is 2.12. The fraction of sp³-hybridized carbons (Fsp3) is 0.478. The molecule has 0 saturated carbocycles. The van der Waals surface area contributed by atoms with Crippen LogP contribution >= 0.6 is 23.2 Å². The van der Waals surface area contributed by atoms with Crippen molar-refractivity contribution < 1.29 is 18.3 Å². The molecule has 0 aliphatic heterocycles. The number of nitrogens with zero attached hydrogens (tertiary/aromatic N) is 2. The quantitative estimate of drug-likeness (QED) is 0.472. The van der Waals surface area contributed by atoms with E-state index in [1.54, 1.807) is 26.3 Å². The molecule has 178 valence electrons. The molecule has 0 heterocycles. The molecule has 2 rings (SSSR count). The molecule has 3 atom stereocenters. The summed E-state index contributed by atoms with van der Waals surface area (Å²) in [6.07, 6.45) is -0.346. The number of sulfonamides is 1. The molecule has 2 aromatic rings. The maximum atomic E-state index is 12.9. The number of hydrogen-bond acceptors (Lipinski definition) is 5. The first-order valence-electron chi connectivity index (χ1n) is 10.4. The van der Waals surface area contributed by atoms with Crippen LogP contribution in [0.15, 0.2) is 53.4 Å². The third-order valence-electron chi connectivity index (χ3n) is 5.64. The van der Waals surface area contributed by atoms with E-state index in [1.165, 1.54) is 16.4 Å². The Morgan fingerprint density at radius 1 is 1.03 bits per heavy atom. The van der Waals surface area contributed by atoms with Crippen LogP contribution in [0.4, 0.5) is 0 Å². The average molecular weight is 503 g/mol. The van der Waals surface area contributed by atoms with Crippen molar-refractivity contribution >= 4 is 33.2 Å². The third-order valence-corrected chi connectivity index (χ3v) is 8.10.